The van der Waals surface area contributed by atoms with Crippen LogP contribution in [0.4, 0.5) is 5.69 Å². The molecule has 1 amide bonds. The fraction of sp³-hybridized carbons (Fsp3) is 0.300. The van der Waals surface area contributed by atoms with Crippen molar-refractivity contribution in [2.75, 3.05) is 12.4 Å². The molecule has 4 atom stereocenters. The minimum atomic E-state index is -0.272. The lowest BCUT2D eigenvalue weighted by Crippen LogP contribution is -2.41. The van der Waals surface area contributed by atoms with Gasteiger partial charge in [0.25, 0.3) is 0 Å². The van der Waals surface area contributed by atoms with E-state index >= 15 is 0 Å². The molecule has 1 fully saturated rings. The van der Waals surface area contributed by atoms with E-state index in [-0.39, 0.29) is 29.7 Å². The number of hydrogen-bond donors (Lipinski definition) is 3. The van der Waals surface area contributed by atoms with Crippen LogP contribution in [0.1, 0.15) is 6.42 Å². The first-order valence-corrected chi connectivity index (χ1v) is 10.1. The van der Waals surface area contributed by atoms with Crippen LogP contribution >= 0.6 is 15.9 Å². The number of amides is 1. The molecule has 2 aliphatic carbocycles. The molecule has 3 aromatic rings. The second-order valence-electron chi connectivity index (χ2n) is 7.39. The second-order valence-corrected chi connectivity index (χ2v) is 8.24. The minimum absolute atomic E-state index is 0.0657. The lowest BCUT2D eigenvalue weighted by molar-refractivity contribution is -0.122. The summed E-state index contributed by atoms with van der Waals surface area (Å²) in [6.45, 7) is 0. The molecular weight excluding hydrogens is 436 g/mol. The number of ether oxygens (including phenoxy) is 1. The van der Waals surface area contributed by atoms with E-state index in [2.05, 4.69) is 53.3 Å². The van der Waals surface area contributed by atoms with Gasteiger partial charge in [-0.05, 0) is 40.3 Å². The summed E-state index contributed by atoms with van der Waals surface area (Å²) in [4.78, 5) is 28.6. The average molecular weight is 455 g/mol. The molecule has 148 valence electrons. The molecular formula is C20H19BrN6O2. The Morgan fingerprint density at radius 3 is 2.97 bits per heavy atom. The SMILES string of the molecule is COc1ccncc1-c1nc2ncc(Br)c(N[C@H]3[C@@H](C(N)=O)[C@@H]4C=C[C@@H]3C4)c2[nH]1. The van der Waals surface area contributed by atoms with Gasteiger partial charge in [0.2, 0.25) is 5.91 Å². The largest absolute Gasteiger partial charge is 0.496 e. The van der Waals surface area contributed by atoms with Crippen LogP contribution in [-0.4, -0.2) is 39.0 Å². The lowest BCUT2D eigenvalue weighted by Gasteiger charge is -2.28. The monoisotopic (exact) mass is 454 g/mol. The van der Waals surface area contributed by atoms with Crippen LogP contribution in [0.25, 0.3) is 22.6 Å². The Morgan fingerprint density at radius 2 is 2.17 bits per heavy atom. The summed E-state index contributed by atoms with van der Waals surface area (Å²) in [7, 11) is 1.61. The number of pyridine rings is 2. The van der Waals surface area contributed by atoms with Crippen LogP contribution in [0.15, 0.2) is 41.3 Å². The highest BCUT2D eigenvalue weighted by Gasteiger charge is 2.47. The van der Waals surface area contributed by atoms with Gasteiger partial charge in [0.1, 0.15) is 17.1 Å². The minimum Gasteiger partial charge on any atom is -0.496 e. The zero-order chi connectivity index (χ0) is 20.1. The molecule has 0 unspecified atom stereocenters. The van der Waals surface area contributed by atoms with Gasteiger partial charge in [-0.3, -0.25) is 9.78 Å². The molecule has 8 nitrogen and oxygen atoms in total. The smallest absolute Gasteiger partial charge is 0.223 e. The van der Waals surface area contributed by atoms with E-state index in [1.807, 2.05) is 0 Å². The first kappa shape index (κ1) is 18.1. The zero-order valence-electron chi connectivity index (χ0n) is 15.6. The van der Waals surface area contributed by atoms with Gasteiger partial charge >= 0.3 is 0 Å². The van der Waals surface area contributed by atoms with Gasteiger partial charge in [-0.2, -0.15) is 0 Å². The van der Waals surface area contributed by atoms with Crippen molar-refractivity contribution < 1.29 is 9.53 Å². The first-order chi connectivity index (χ1) is 14.1. The fourth-order valence-corrected chi connectivity index (χ4v) is 4.93. The van der Waals surface area contributed by atoms with Crippen molar-refractivity contribution >= 4 is 38.7 Å². The van der Waals surface area contributed by atoms with Crippen molar-refractivity contribution in [1.29, 1.82) is 0 Å². The summed E-state index contributed by atoms with van der Waals surface area (Å²) in [6, 6.07) is 1.72. The van der Waals surface area contributed by atoms with Crippen molar-refractivity contribution in [2.24, 2.45) is 23.5 Å². The maximum Gasteiger partial charge on any atom is 0.223 e. The molecule has 4 N–H and O–H groups in total. The predicted molar refractivity (Wildman–Crippen MR) is 112 cm³/mol. The molecule has 3 aromatic heterocycles. The molecule has 0 aromatic carbocycles. The second kappa shape index (κ2) is 6.84. The van der Waals surface area contributed by atoms with Crippen LogP contribution in [0.2, 0.25) is 0 Å². The molecule has 0 spiro atoms. The number of imidazole rings is 1. The number of nitrogens with zero attached hydrogens (tertiary/aromatic N) is 3. The van der Waals surface area contributed by atoms with Crippen molar-refractivity contribution in [2.45, 2.75) is 12.5 Å². The van der Waals surface area contributed by atoms with E-state index in [9.17, 15) is 4.79 Å². The molecule has 2 bridgehead atoms. The number of allylic oxidation sites excluding steroid dienone is 1. The highest BCUT2D eigenvalue weighted by atomic mass is 79.9. The number of rotatable bonds is 5. The van der Waals surface area contributed by atoms with Crippen molar-refractivity contribution in [3.63, 3.8) is 0 Å². The number of hydrogen-bond acceptors (Lipinski definition) is 6. The van der Waals surface area contributed by atoms with E-state index in [0.717, 1.165) is 27.7 Å². The van der Waals surface area contributed by atoms with E-state index in [1.54, 1.807) is 31.8 Å². The molecule has 2 aliphatic rings. The lowest BCUT2D eigenvalue weighted by atomic mass is 9.88. The Bertz CT molecular complexity index is 1140. The van der Waals surface area contributed by atoms with Gasteiger partial charge in [0.15, 0.2) is 5.65 Å². The Labute approximate surface area is 175 Å². The average Bonchev–Trinajstić information content (AvgIpc) is 3.44. The van der Waals surface area contributed by atoms with Crippen LogP contribution in [0.3, 0.4) is 0 Å². The number of H-pyrrole nitrogens is 1. The number of carbonyl (C=O) groups is 1. The maximum absolute atomic E-state index is 12.1. The summed E-state index contributed by atoms with van der Waals surface area (Å²) in [5.41, 5.74) is 8.58. The van der Waals surface area contributed by atoms with Crippen LogP contribution in [0, 0.1) is 17.8 Å². The summed E-state index contributed by atoms with van der Waals surface area (Å²) < 4.78 is 6.21. The number of methoxy groups -OCH3 is 1. The van der Waals surface area contributed by atoms with Crippen molar-refractivity contribution in [3.8, 4) is 17.1 Å². The third-order valence-electron chi connectivity index (χ3n) is 5.83. The maximum atomic E-state index is 12.1. The van der Waals surface area contributed by atoms with Crippen LogP contribution in [-0.2, 0) is 4.79 Å². The normalized spacial score (nSPS) is 24.9. The van der Waals surface area contributed by atoms with E-state index in [4.69, 9.17) is 10.5 Å². The van der Waals surface area contributed by atoms with E-state index in [0.29, 0.717) is 17.2 Å². The highest BCUT2D eigenvalue weighted by Crippen LogP contribution is 2.46. The van der Waals surface area contributed by atoms with Gasteiger partial charge in [-0.25, -0.2) is 9.97 Å². The number of aromatic nitrogens is 4. The third-order valence-corrected chi connectivity index (χ3v) is 6.43. The van der Waals surface area contributed by atoms with Crippen LogP contribution in [0.5, 0.6) is 5.75 Å². The summed E-state index contributed by atoms with van der Waals surface area (Å²) in [5, 5.41) is 3.55. The summed E-state index contributed by atoms with van der Waals surface area (Å²) >= 11 is 3.58. The number of anilines is 1. The zero-order valence-corrected chi connectivity index (χ0v) is 17.2. The van der Waals surface area contributed by atoms with Gasteiger partial charge in [-0.15, -0.1) is 0 Å². The van der Waals surface area contributed by atoms with Crippen molar-refractivity contribution in [1.82, 2.24) is 19.9 Å². The third kappa shape index (κ3) is 2.88. The molecule has 0 saturated heterocycles. The van der Waals surface area contributed by atoms with Gasteiger partial charge in [0.05, 0.1) is 28.8 Å². The number of nitrogens with two attached hydrogens (primary N) is 1. The van der Waals surface area contributed by atoms with E-state index in [1.165, 1.54) is 0 Å². The van der Waals surface area contributed by atoms with Gasteiger partial charge < -0.3 is 20.8 Å². The van der Waals surface area contributed by atoms with Crippen molar-refractivity contribution in [3.05, 3.63) is 41.3 Å². The molecule has 1 saturated carbocycles. The number of aromatic amines is 1. The topological polar surface area (TPSA) is 119 Å². The Hall–Kier alpha value is -2.94. The summed E-state index contributed by atoms with van der Waals surface area (Å²) in [5.74, 6) is 1.24. The molecule has 9 heteroatoms. The molecule has 0 aliphatic heterocycles. The number of fused-ring (bicyclic) bond motifs is 3. The predicted octanol–water partition coefficient (Wildman–Crippen LogP) is 2.88. The Morgan fingerprint density at radius 1 is 1.34 bits per heavy atom. The van der Waals surface area contributed by atoms with Gasteiger partial charge in [-0.1, -0.05) is 12.2 Å². The van der Waals surface area contributed by atoms with E-state index < -0.39 is 0 Å². The van der Waals surface area contributed by atoms with Crippen LogP contribution < -0.4 is 15.8 Å². The molecule has 29 heavy (non-hydrogen) atoms. The standard InChI is InChI=1S/C20H19BrN6O2/c1-29-13-4-5-23-7-11(13)19-26-17-16(12(21)8-24-20(17)27-19)25-15-10-3-2-9(6-10)14(15)18(22)28/h2-5,7-10,14-15H,6H2,1H3,(H2,22,28)(H2,24,25,26,27)/t9-,10-,14+,15-/m1/s1. The number of primary amides is 1. The number of halogens is 1. The van der Waals surface area contributed by atoms with Gasteiger partial charge in [0, 0.05) is 24.6 Å². The molecule has 0 radical (unpaired) electrons. The molecule has 3 heterocycles. The number of nitrogens with one attached hydrogen (secondary N) is 2. The Balaban J connectivity index is 1.58. The fourth-order valence-electron chi connectivity index (χ4n) is 4.51. The first-order valence-electron chi connectivity index (χ1n) is 9.33. The quantitative estimate of drug-likeness (QED) is 0.509. The number of carbonyl (C=O) groups excluding carboxylic acids is 1. The highest BCUT2D eigenvalue weighted by molar-refractivity contribution is 9.10. The molecule has 5 rings (SSSR count). The Kier molecular flexibility index (Phi) is 4.27. The summed E-state index contributed by atoms with van der Waals surface area (Å²) in [6.07, 6.45) is 10.3.